The molecule has 0 radical (unpaired) electrons. The fourth-order valence-electron chi connectivity index (χ4n) is 1.58. The molecule has 88 valence electrons. The van der Waals surface area contributed by atoms with E-state index in [0.717, 1.165) is 12.5 Å². The van der Waals surface area contributed by atoms with Gasteiger partial charge in [0.1, 0.15) is 11.5 Å². The number of hydrogen-bond donors (Lipinski definition) is 1. The number of aromatic hydroxyl groups is 1. The Balaban J connectivity index is 3.23. The molecule has 0 unspecified atom stereocenters. The molecule has 4 nitrogen and oxygen atoms in total. The zero-order chi connectivity index (χ0) is 12.1. The Hall–Kier alpha value is -1.58. The Morgan fingerprint density at radius 1 is 1.38 bits per heavy atom. The fraction of sp³-hybridized carbons (Fsp3) is 0.500. The molecule has 0 amide bonds. The topological polar surface area (TPSA) is 67.5 Å². The van der Waals surface area contributed by atoms with Crippen molar-refractivity contribution in [1.82, 2.24) is 0 Å². The highest BCUT2D eigenvalue weighted by atomic mass is 16.4. The SMILES string of the molecule is CCCC(=O)c1c(O)cc(=O)oc1CCC. The summed E-state index contributed by atoms with van der Waals surface area (Å²) in [6.07, 6.45) is 2.27. The van der Waals surface area contributed by atoms with Crippen LogP contribution >= 0.6 is 0 Å². The molecule has 1 aromatic rings. The van der Waals surface area contributed by atoms with E-state index in [2.05, 4.69) is 0 Å². The molecule has 1 rings (SSSR count). The Kier molecular flexibility index (Phi) is 4.28. The summed E-state index contributed by atoms with van der Waals surface area (Å²) in [6.45, 7) is 3.80. The zero-order valence-corrected chi connectivity index (χ0v) is 9.58. The highest BCUT2D eigenvalue weighted by molar-refractivity contribution is 5.99. The molecule has 0 saturated heterocycles. The van der Waals surface area contributed by atoms with Crippen LogP contribution in [0.4, 0.5) is 0 Å². The summed E-state index contributed by atoms with van der Waals surface area (Å²) in [5.41, 5.74) is -0.447. The predicted octanol–water partition coefficient (Wildman–Crippen LogP) is 2.28. The molecule has 1 N–H and O–H groups in total. The van der Waals surface area contributed by atoms with E-state index in [1.54, 1.807) is 0 Å². The van der Waals surface area contributed by atoms with Crippen LogP contribution < -0.4 is 5.63 Å². The average molecular weight is 224 g/mol. The monoisotopic (exact) mass is 224 g/mol. The van der Waals surface area contributed by atoms with Crippen molar-refractivity contribution >= 4 is 5.78 Å². The zero-order valence-electron chi connectivity index (χ0n) is 9.58. The maximum Gasteiger partial charge on any atom is 0.339 e. The van der Waals surface area contributed by atoms with E-state index in [-0.39, 0.29) is 17.1 Å². The first-order valence-corrected chi connectivity index (χ1v) is 5.49. The van der Waals surface area contributed by atoms with Gasteiger partial charge in [-0.1, -0.05) is 13.8 Å². The molecule has 0 saturated carbocycles. The minimum Gasteiger partial charge on any atom is -0.507 e. The Labute approximate surface area is 93.9 Å². The van der Waals surface area contributed by atoms with E-state index in [1.165, 1.54) is 0 Å². The van der Waals surface area contributed by atoms with Gasteiger partial charge in [-0.15, -0.1) is 0 Å². The van der Waals surface area contributed by atoms with Gasteiger partial charge in [-0.25, -0.2) is 4.79 Å². The van der Waals surface area contributed by atoms with Gasteiger partial charge in [-0.05, 0) is 12.8 Å². The van der Waals surface area contributed by atoms with Gasteiger partial charge in [-0.3, -0.25) is 4.79 Å². The molecule has 0 aliphatic heterocycles. The normalized spacial score (nSPS) is 10.4. The van der Waals surface area contributed by atoms with Crippen LogP contribution in [0.15, 0.2) is 15.3 Å². The van der Waals surface area contributed by atoms with Crippen molar-refractivity contribution < 1.29 is 14.3 Å². The standard InChI is InChI=1S/C12H16O4/c1-3-5-8(13)12-9(14)7-11(15)16-10(12)6-4-2/h7,14H,3-6H2,1-2H3. The highest BCUT2D eigenvalue weighted by Gasteiger charge is 2.18. The number of Topliss-reactive ketones (excluding diaryl/α,β-unsaturated/α-hetero) is 1. The lowest BCUT2D eigenvalue weighted by Gasteiger charge is -2.07. The van der Waals surface area contributed by atoms with Crippen molar-refractivity contribution in [3.05, 3.63) is 27.8 Å². The van der Waals surface area contributed by atoms with Gasteiger partial charge >= 0.3 is 5.63 Å². The molecule has 0 spiro atoms. The molecule has 0 bridgehead atoms. The molecule has 1 heterocycles. The summed E-state index contributed by atoms with van der Waals surface area (Å²) >= 11 is 0. The highest BCUT2D eigenvalue weighted by Crippen LogP contribution is 2.22. The molecule has 16 heavy (non-hydrogen) atoms. The van der Waals surface area contributed by atoms with Crippen LogP contribution in [0.1, 0.15) is 49.2 Å². The summed E-state index contributed by atoms with van der Waals surface area (Å²) in [4.78, 5) is 22.8. The van der Waals surface area contributed by atoms with Gasteiger partial charge in [0.25, 0.3) is 0 Å². The van der Waals surface area contributed by atoms with Crippen LogP contribution in [-0.2, 0) is 6.42 Å². The van der Waals surface area contributed by atoms with Crippen LogP contribution in [-0.4, -0.2) is 10.9 Å². The van der Waals surface area contributed by atoms with Crippen LogP contribution in [0, 0.1) is 0 Å². The second-order valence-corrected chi connectivity index (χ2v) is 3.67. The largest absolute Gasteiger partial charge is 0.507 e. The number of ketones is 1. The summed E-state index contributed by atoms with van der Waals surface area (Å²) in [6, 6.07) is 0.946. The number of hydrogen-bond acceptors (Lipinski definition) is 4. The van der Waals surface area contributed by atoms with Crippen LogP contribution in [0.3, 0.4) is 0 Å². The van der Waals surface area contributed by atoms with E-state index in [4.69, 9.17) is 4.42 Å². The minimum absolute atomic E-state index is 0.170. The molecule has 0 aliphatic rings. The average Bonchev–Trinajstić information content (AvgIpc) is 2.17. The number of carbonyl (C=O) groups is 1. The van der Waals surface area contributed by atoms with Gasteiger partial charge in [0.05, 0.1) is 11.6 Å². The first kappa shape index (κ1) is 12.5. The predicted molar refractivity (Wildman–Crippen MR) is 59.9 cm³/mol. The Morgan fingerprint density at radius 2 is 2.06 bits per heavy atom. The summed E-state index contributed by atoms with van der Waals surface area (Å²) in [7, 11) is 0. The number of rotatable bonds is 5. The van der Waals surface area contributed by atoms with Crippen molar-refractivity contribution in [2.75, 3.05) is 0 Å². The maximum atomic E-state index is 11.8. The van der Waals surface area contributed by atoms with Gasteiger partial charge in [-0.2, -0.15) is 0 Å². The second kappa shape index (κ2) is 5.49. The number of carbonyl (C=O) groups excluding carboxylic acids is 1. The van der Waals surface area contributed by atoms with Gasteiger partial charge in [0.2, 0.25) is 0 Å². The minimum atomic E-state index is -0.617. The summed E-state index contributed by atoms with van der Waals surface area (Å²) in [5.74, 6) is -0.142. The van der Waals surface area contributed by atoms with Crippen molar-refractivity contribution in [3.63, 3.8) is 0 Å². The van der Waals surface area contributed by atoms with Crippen LogP contribution in [0.5, 0.6) is 5.75 Å². The quantitative estimate of drug-likeness (QED) is 0.779. The van der Waals surface area contributed by atoms with Crippen LogP contribution in [0.25, 0.3) is 0 Å². The van der Waals surface area contributed by atoms with Crippen molar-refractivity contribution in [2.45, 2.75) is 39.5 Å². The molecule has 0 fully saturated rings. The third-order valence-corrected chi connectivity index (χ3v) is 2.25. The fourth-order valence-corrected chi connectivity index (χ4v) is 1.58. The van der Waals surface area contributed by atoms with Crippen molar-refractivity contribution in [1.29, 1.82) is 0 Å². The molecule has 0 atom stereocenters. The first-order chi connectivity index (χ1) is 7.60. The van der Waals surface area contributed by atoms with Crippen molar-refractivity contribution in [3.8, 4) is 5.75 Å². The molecule has 4 heteroatoms. The van der Waals surface area contributed by atoms with Gasteiger partial charge in [0.15, 0.2) is 5.78 Å². The molecule has 0 aliphatic carbocycles. The van der Waals surface area contributed by atoms with E-state index >= 15 is 0 Å². The Morgan fingerprint density at radius 3 is 2.62 bits per heavy atom. The smallest absolute Gasteiger partial charge is 0.339 e. The van der Waals surface area contributed by atoms with Gasteiger partial charge < -0.3 is 9.52 Å². The summed E-state index contributed by atoms with van der Waals surface area (Å²) in [5, 5.41) is 9.62. The van der Waals surface area contributed by atoms with Crippen LogP contribution in [0.2, 0.25) is 0 Å². The van der Waals surface area contributed by atoms with E-state index in [1.807, 2.05) is 13.8 Å². The lowest BCUT2D eigenvalue weighted by atomic mass is 10.0. The number of aryl methyl sites for hydroxylation is 1. The maximum absolute atomic E-state index is 11.8. The van der Waals surface area contributed by atoms with E-state index in [0.29, 0.717) is 25.0 Å². The molecule has 1 aromatic heterocycles. The first-order valence-electron chi connectivity index (χ1n) is 5.49. The molecular formula is C12H16O4. The lowest BCUT2D eigenvalue weighted by molar-refractivity contribution is 0.0974. The third-order valence-electron chi connectivity index (χ3n) is 2.25. The second-order valence-electron chi connectivity index (χ2n) is 3.67. The van der Waals surface area contributed by atoms with Gasteiger partial charge in [0, 0.05) is 12.8 Å². The van der Waals surface area contributed by atoms with E-state index < -0.39 is 5.63 Å². The molecule has 0 aromatic carbocycles. The van der Waals surface area contributed by atoms with Crippen molar-refractivity contribution in [2.24, 2.45) is 0 Å². The Bertz CT molecular complexity index is 431. The molecular weight excluding hydrogens is 208 g/mol. The van der Waals surface area contributed by atoms with E-state index in [9.17, 15) is 14.7 Å². The summed E-state index contributed by atoms with van der Waals surface area (Å²) < 4.78 is 4.96. The lowest BCUT2D eigenvalue weighted by Crippen LogP contribution is -2.09. The third kappa shape index (κ3) is 2.72.